The highest BCUT2D eigenvalue weighted by Crippen LogP contribution is 2.37. The van der Waals surface area contributed by atoms with Crippen molar-refractivity contribution in [1.29, 1.82) is 0 Å². The summed E-state index contributed by atoms with van der Waals surface area (Å²) in [5.41, 5.74) is 6.20. The van der Waals surface area contributed by atoms with Crippen molar-refractivity contribution in [2.75, 3.05) is 6.54 Å². The Kier molecular flexibility index (Phi) is 2.82. The second-order valence-corrected chi connectivity index (χ2v) is 6.22. The quantitative estimate of drug-likeness (QED) is 0.882. The van der Waals surface area contributed by atoms with Gasteiger partial charge >= 0.3 is 0 Å². The number of fused-ring (bicyclic) bond motifs is 1. The molecule has 1 unspecified atom stereocenters. The van der Waals surface area contributed by atoms with E-state index < -0.39 is 9.84 Å². The molecule has 1 atom stereocenters. The van der Waals surface area contributed by atoms with E-state index in [1.165, 1.54) is 6.07 Å². The first kappa shape index (κ1) is 11.6. The molecule has 1 aromatic rings. The van der Waals surface area contributed by atoms with Crippen LogP contribution in [0.5, 0.6) is 0 Å². The Morgan fingerprint density at radius 2 is 2.12 bits per heavy atom. The third-order valence-corrected chi connectivity index (χ3v) is 5.02. The largest absolute Gasteiger partial charge is 0.330 e. The number of rotatable bonds is 2. The summed E-state index contributed by atoms with van der Waals surface area (Å²) in [4.78, 5) is 0.669. The molecule has 0 saturated carbocycles. The van der Waals surface area contributed by atoms with E-state index in [9.17, 15) is 8.42 Å². The van der Waals surface area contributed by atoms with Crippen LogP contribution in [0.15, 0.2) is 28.0 Å². The van der Waals surface area contributed by atoms with Crippen molar-refractivity contribution in [2.45, 2.75) is 11.8 Å². The molecule has 0 spiro atoms. The van der Waals surface area contributed by atoms with Gasteiger partial charge in [0.2, 0.25) is 9.84 Å². The van der Waals surface area contributed by atoms with Crippen molar-refractivity contribution < 1.29 is 8.42 Å². The Morgan fingerprint density at radius 1 is 1.44 bits per heavy atom. The van der Waals surface area contributed by atoms with Crippen LogP contribution >= 0.6 is 11.6 Å². The summed E-state index contributed by atoms with van der Waals surface area (Å²) in [6.07, 6.45) is 1.68. The van der Waals surface area contributed by atoms with Gasteiger partial charge in [-0.25, -0.2) is 8.42 Å². The molecule has 1 heterocycles. The van der Waals surface area contributed by atoms with Crippen molar-refractivity contribution in [3.63, 3.8) is 0 Å². The highest BCUT2D eigenvalue weighted by molar-refractivity contribution is 7.95. The summed E-state index contributed by atoms with van der Waals surface area (Å²) in [5, 5.41) is 0.428. The summed E-state index contributed by atoms with van der Waals surface area (Å²) in [7, 11) is -3.38. The second kappa shape index (κ2) is 3.87. The molecule has 2 rings (SSSR count). The topological polar surface area (TPSA) is 60.2 Å². The maximum absolute atomic E-state index is 12.2. The predicted octanol–water partition coefficient (Wildman–Crippen LogP) is 2.06. The van der Waals surface area contributed by atoms with Crippen LogP contribution in [-0.4, -0.2) is 15.0 Å². The Labute approximate surface area is 99.8 Å². The summed E-state index contributed by atoms with van der Waals surface area (Å²) >= 11 is 5.80. The van der Waals surface area contributed by atoms with Gasteiger partial charge in [-0.3, -0.25) is 0 Å². The van der Waals surface area contributed by atoms with Gasteiger partial charge in [0.25, 0.3) is 0 Å². The van der Waals surface area contributed by atoms with E-state index in [2.05, 4.69) is 0 Å². The number of halogens is 1. The Bertz CT molecular complexity index is 563. The minimum absolute atomic E-state index is 0.170. The lowest BCUT2D eigenvalue weighted by atomic mass is 10.1. The van der Waals surface area contributed by atoms with Crippen molar-refractivity contribution in [3.8, 4) is 0 Å². The molecule has 2 N–H and O–H groups in total. The number of sulfone groups is 1. The lowest BCUT2D eigenvalue weighted by Crippen LogP contribution is -2.17. The average Bonchev–Trinajstić information content (AvgIpc) is 2.50. The van der Waals surface area contributed by atoms with E-state index in [4.69, 9.17) is 17.3 Å². The monoisotopic (exact) mass is 257 g/mol. The third kappa shape index (κ3) is 1.67. The van der Waals surface area contributed by atoms with Crippen molar-refractivity contribution >= 4 is 27.5 Å². The molecule has 1 aliphatic rings. The van der Waals surface area contributed by atoms with Gasteiger partial charge < -0.3 is 5.73 Å². The van der Waals surface area contributed by atoms with E-state index in [0.717, 1.165) is 0 Å². The van der Waals surface area contributed by atoms with Crippen molar-refractivity contribution in [3.05, 3.63) is 33.7 Å². The first-order valence-corrected chi connectivity index (χ1v) is 6.79. The van der Waals surface area contributed by atoms with Crippen LogP contribution < -0.4 is 5.73 Å². The minimum Gasteiger partial charge on any atom is -0.330 e. The van der Waals surface area contributed by atoms with Crippen LogP contribution in [0.4, 0.5) is 0 Å². The molecule has 1 aromatic carbocycles. The molecule has 0 fully saturated rings. The fraction of sp³-hybridized carbons (Fsp3) is 0.273. The normalized spacial score (nSPS) is 19.1. The van der Waals surface area contributed by atoms with Crippen LogP contribution in [0.3, 0.4) is 0 Å². The van der Waals surface area contributed by atoms with E-state index in [0.29, 0.717) is 22.0 Å². The van der Waals surface area contributed by atoms with E-state index >= 15 is 0 Å². The predicted molar refractivity (Wildman–Crippen MR) is 64.8 cm³/mol. The summed E-state index contributed by atoms with van der Waals surface area (Å²) in [6.45, 7) is 2.11. The van der Waals surface area contributed by atoms with Gasteiger partial charge in [0, 0.05) is 10.9 Å². The van der Waals surface area contributed by atoms with Crippen LogP contribution in [-0.2, 0) is 9.84 Å². The fourth-order valence-corrected chi connectivity index (χ4v) is 3.86. The van der Waals surface area contributed by atoms with E-state index in [1.807, 2.05) is 0 Å². The van der Waals surface area contributed by atoms with Gasteiger partial charge in [-0.1, -0.05) is 24.6 Å². The molecule has 0 bridgehead atoms. The Balaban J connectivity index is 2.60. The fourth-order valence-electron chi connectivity index (χ4n) is 1.74. The van der Waals surface area contributed by atoms with Gasteiger partial charge in [0.05, 0.1) is 9.80 Å². The zero-order valence-electron chi connectivity index (χ0n) is 8.77. The van der Waals surface area contributed by atoms with Crippen LogP contribution in [0.1, 0.15) is 12.5 Å². The molecule has 3 nitrogen and oxygen atoms in total. The lowest BCUT2D eigenvalue weighted by molar-refractivity contribution is 0.594. The SMILES string of the molecule is CC(CN)C1=Cc2ccc(Cl)cc2S1(=O)=O. The van der Waals surface area contributed by atoms with E-state index in [1.54, 1.807) is 25.1 Å². The molecule has 86 valence electrons. The highest BCUT2D eigenvalue weighted by Gasteiger charge is 2.32. The zero-order valence-corrected chi connectivity index (χ0v) is 10.3. The number of hydrogen-bond donors (Lipinski definition) is 1. The number of benzene rings is 1. The number of nitrogens with two attached hydrogens (primary N) is 1. The van der Waals surface area contributed by atoms with Gasteiger partial charge in [-0.2, -0.15) is 0 Å². The van der Waals surface area contributed by atoms with Gasteiger partial charge in [-0.15, -0.1) is 0 Å². The Hall–Kier alpha value is -0.840. The summed E-state index contributed by atoms with van der Waals surface area (Å²) < 4.78 is 24.3. The first-order chi connectivity index (χ1) is 7.46. The molecule has 5 heteroatoms. The highest BCUT2D eigenvalue weighted by atomic mass is 35.5. The van der Waals surface area contributed by atoms with Crippen LogP contribution in [0.25, 0.3) is 6.08 Å². The summed E-state index contributed by atoms with van der Waals surface area (Å²) in [5.74, 6) is -0.170. The van der Waals surface area contributed by atoms with Gasteiger partial charge in [-0.05, 0) is 30.3 Å². The standard InChI is InChI=1S/C11H12ClNO2S/c1-7(6-13)10-4-8-2-3-9(12)5-11(8)16(10,14)15/h2-5,7H,6,13H2,1H3. The molecular weight excluding hydrogens is 246 g/mol. The van der Waals surface area contributed by atoms with Gasteiger partial charge in [0.15, 0.2) is 0 Å². The average molecular weight is 258 g/mol. The Morgan fingerprint density at radius 3 is 2.75 bits per heavy atom. The molecule has 16 heavy (non-hydrogen) atoms. The number of hydrogen-bond acceptors (Lipinski definition) is 3. The maximum Gasteiger partial charge on any atom is 0.203 e. The smallest absolute Gasteiger partial charge is 0.203 e. The third-order valence-electron chi connectivity index (χ3n) is 2.71. The zero-order chi connectivity index (χ0) is 11.9. The van der Waals surface area contributed by atoms with E-state index in [-0.39, 0.29) is 10.8 Å². The maximum atomic E-state index is 12.2. The second-order valence-electron chi connectivity index (χ2n) is 3.87. The van der Waals surface area contributed by atoms with Crippen molar-refractivity contribution in [2.24, 2.45) is 11.7 Å². The van der Waals surface area contributed by atoms with Crippen LogP contribution in [0, 0.1) is 5.92 Å². The molecule has 0 aromatic heterocycles. The summed E-state index contributed by atoms with van der Waals surface area (Å²) in [6, 6.07) is 4.88. The van der Waals surface area contributed by atoms with Crippen molar-refractivity contribution in [1.82, 2.24) is 0 Å². The lowest BCUT2D eigenvalue weighted by Gasteiger charge is -2.09. The molecule has 0 aliphatic carbocycles. The van der Waals surface area contributed by atoms with Gasteiger partial charge in [0.1, 0.15) is 0 Å². The molecule has 0 amide bonds. The first-order valence-electron chi connectivity index (χ1n) is 4.93. The minimum atomic E-state index is -3.38. The van der Waals surface area contributed by atoms with Crippen LogP contribution in [0.2, 0.25) is 5.02 Å². The molecule has 1 aliphatic heterocycles. The molecule has 0 saturated heterocycles. The molecule has 0 radical (unpaired) electrons. The molecular formula is C11H12ClNO2S.